The first-order valence-corrected chi connectivity index (χ1v) is 10.7. The van der Waals surface area contributed by atoms with Crippen LogP contribution >= 0.6 is 11.5 Å². The summed E-state index contributed by atoms with van der Waals surface area (Å²) in [6.45, 7) is 9.03. The maximum absolute atomic E-state index is 9.79. The van der Waals surface area contributed by atoms with Gasteiger partial charge in [-0.05, 0) is 49.6 Å². The van der Waals surface area contributed by atoms with E-state index in [2.05, 4.69) is 41.4 Å². The summed E-state index contributed by atoms with van der Waals surface area (Å²) in [5, 5.41) is 10.3. The lowest BCUT2D eigenvalue weighted by atomic mass is 9.95. The van der Waals surface area contributed by atoms with Gasteiger partial charge in [-0.3, -0.25) is 0 Å². The molecule has 0 saturated carbocycles. The summed E-state index contributed by atoms with van der Waals surface area (Å²) in [7, 11) is 1.99. The van der Waals surface area contributed by atoms with Gasteiger partial charge in [-0.25, -0.2) is 4.99 Å². The van der Waals surface area contributed by atoms with Crippen LogP contribution in [0.1, 0.15) is 47.7 Å². The fourth-order valence-electron chi connectivity index (χ4n) is 3.02. The number of aryl methyl sites for hydroxylation is 2. The van der Waals surface area contributed by atoms with Gasteiger partial charge in [0.05, 0.1) is 17.7 Å². The number of aliphatic imine (C=N–C) groups is 1. The number of rotatable bonds is 7. The van der Waals surface area contributed by atoms with Crippen molar-refractivity contribution in [2.24, 2.45) is 4.99 Å². The molecule has 1 atom stereocenters. The molecule has 0 fully saturated rings. The highest BCUT2D eigenvalue weighted by molar-refractivity contribution is 7.08. The van der Waals surface area contributed by atoms with Crippen molar-refractivity contribution in [1.82, 2.24) is 9.27 Å². The first-order chi connectivity index (χ1) is 14.4. The molecule has 0 aliphatic heterocycles. The lowest BCUT2D eigenvalue weighted by Crippen LogP contribution is -2.14. The van der Waals surface area contributed by atoms with Gasteiger partial charge in [0.25, 0.3) is 0 Å². The minimum atomic E-state index is 0.0181. The molecule has 0 aliphatic rings. The Morgan fingerprint density at radius 2 is 1.97 bits per heavy atom. The average Bonchev–Trinajstić information content (AvgIpc) is 3.17. The van der Waals surface area contributed by atoms with Gasteiger partial charge in [0.15, 0.2) is 0 Å². The predicted molar refractivity (Wildman–Crippen MR) is 123 cm³/mol. The van der Waals surface area contributed by atoms with Crippen molar-refractivity contribution in [3.63, 3.8) is 0 Å². The van der Waals surface area contributed by atoms with E-state index in [0.717, 1.165) is 40.4 Å². The van der Waals surface area contributed by atoms with Crippen LogP contribution < -0.4 is 4.74 Å². The highest BCUT2D eigenvalue weighted by atomic mass is 32.1. The molecule has 1 heterocycles. The Labute approximate surface area is 182 Å². The highest BCUT2D eigenvalue weighted by Crippen LogP contribution is 2.39. The molecule has 1 aromatic heterocycles. The average molecular weight is 419 g/mol. The SMILES string of the molecule is CCN(C)/C=N\c1cc(C)c(Oc2snc(C(C)c3ccccc3)c2C#N)cc1C. The lowest BCUT2D eigenvalue weighted by molar-refractivity contribution is 0.490. The van der Waals surface area contributed by atoms with Crippen LogP contribution in [0.3, 0.4) is 0 Å². The van der Waals surface area contributed by atoms with E-state index in [1.165, 1.54) is 11.5 Å². The van der Waals surface area contributed by atoms with Gasteiger partial charge in [-0.2, -0.15) is 9.64 Å². The van der Waals surface area contributed by atoms with Gasteiger partial charge in [-0.15, -0.1) is 0 Å². The Kier molecular flexibility index (Phi) is 6.86. The van der Waals surface area contributed by atoms with Crippen molar-refractivity contribution in [2.45, 2.75) is 33.6 Å². The van der Waals surface area contributed by atoms with E-state index in [1.807, 2.05) is 62.5 Å². The summed E-state index contributed by atoms with van der Waals surface area (Å²) < 4.78 is 10.7. The summed E-state index contributed by atoms with van der Waals surface area (Å²) in [6, 6.07) is 16.3. The monoisotopic (exact) mass is 418 g/mol. The fourth-order valence-corrected chi connectivity index (χ4v) is 3.82. The van der Waals surface area contributed by atoms with E-state index >= 15 is 0 Å². The van der Waals surface area contributed by atoms with Crippen molar-refractivity contribution in [1.29, 1.82) is 5.26 Å². The standard InChI is InChI=1S/C24H26N4OS/c1-6-28(5)15-26-21-12-17(3)22(13-16(21)2)29-24-20(14-25)23(27-30-24)18(4)19-10-8-7-9-11-19/h7-13,15,18H,6H2,1-5H3/b26-15-. The number of nitrogens with zero attached hydrogens (tertiary/aromatic N) is 4. The zero-order valence-electron chi connectivity index (χ0n) is 18.0. The molecule has 6 heteroatoms. The molecule has 0 N–H and O–H groups in total. The molecule has 0 aliphatic carbocycles. The quantitative estimate of drug-likeness (QED) is 0.339. The van der Waals surface area contributed by atoms with E-state index < -0.39 is 0 Å². The molecule has 0 radical (unpaired) electrons. The predicted octanol–water partition coefficient (Wildman–Crippen LogP) is 6.19. The van der Waals surface area contributed by atoms with E-state index in [-0.39, 0.29) is 5.92 Å². The zero-order valence-corrected chi connectivity index (χ0v) is 18.8. The topological polar surface area (TPSA) is 61.5 Å². The summed E-state index contributed by atoms with van der Waals surface area (Å²) in [4.78, 5) is 6.58. The fraction of sp³-hybridized carbons (Fsp3) is 0.292. The smallest absolute Gasteiger partial charge is 0.218 e. The second-order valence-electron chi connectivity index (χ2n) is 7.30. The lowest BCUT2D eigenvalue weighted by Gasteiger charge is -2.12. The third-order valence-corrected chi connectivity index (χ3v) is 5.84. The van der Waals surface area contributed by atoms with Gasteiger partial charge < -0.3 is 9.64 Å². The van der Waals surface area contributed by atoms with Crippen LogP contribution in [0.5, 0.6) is 10.8 Å². The van der Waals surface area contributed by atoms with Gasteiger partial charge in [0.1, 0.15) is 17.4 Å². The van der Waals surface area contributed by atoms with Gasteiger partial charge in [-0.1, -0.05) is 37.3 Å². The summed E-state index contributed by atoms with van der Waals surface area (Å²) >= 11 is 1.22. The van der Waals surface area contributed by atoms with E-state index in [9.17, 15) is 5.26 Å². The number of aromatic nitrogens is 1. The molecule has 3 aromatic rings. The van der Waals surface area contributed by atoms with E-state index in [0.29, 0.717) is 10.6 Å². The minimum absolute atomic E-state index is 0.0181. The number of ether oxygens (including phenoxy) is 1. The molecule has 0 amide bonds. The third kappa shape index (κ3) is 4.69. The van der Waals surface area contributed by atoms with Crippen LogP contribution in [0.2, 0.25) is 0 Å². The summed E-state index contributed by atoms with van der Waals surface area (Å²) in [5.41, 5.74) is 5.25. The second kappa shape index (κ2) is 9.55. The van der Waals surface area contributed by atoms with Crippen LogP contribution in [0, 0.1) is 25.2 Å². The third-order valence-electron chi connectivity index (χ3n) is 5.10. The van der Waals surface area contributed by atoms with E-state index in [1.54, 1.807) is 0 Å². The Hall–Kier alpha value is -3.17. The number of hydrogen-bond acceptors (Lipinski definition) is 5. The molecule has 0 saturated heterocycles. The Bertz CT molecular complexity index is 1080. The first-order valence-electron chi connectivity index (χ1n) is 9.92. The van der Waals surface area contributed by atoms with Crippen molar-refractivity contribution in [2.75, 3.05) is 13.6 Å². The Morgan fingerprint density at radius 3 is 2.63 bits per heavy atom. The Morgan fingerprint density at radius 1 is 1.23 bits per heavy atom. The van der Waals surface area contributed by atoms with Gasteiger partial charge in [0.2, 0.25) is 5.06 Å². The van der Waals surface area contributed by atoms with Crippen LogP contribution in [-0.4, -0.2) is 29.2 Å². The Balaban J connectivity index is 1.88. The van der Waals surface area contributed by atoms with Crippen molar-refractivity contribution in [3.8, 4) is 16.9 Å². The van der Waals surface area contributed by atoms with Crippen molar-refractivity contribution < 1.29 is 4.74 Å². The van der Waals surface area contributed by atoms with Crippen molar-refractivity contribution in [3.05, 3.63) is 70.4 Å². The van der Waals surface area contributed by atoms with Crippen molar-refractivity contribution >= 4 is 23.6 Å². The molecular formula is C24H26N4OS. The molecule has 0 spiro atoms. The highest BCUT2D eigenvalue weighted by Gasteiger charge is 2.22. The van der Waals surface area contributed by atoms with E-state index in [4.69, 9.17) is 4.74 Å². The van der Waals surface area contributed by atoms with Gasteiger partial charge in [0, 0.05) is 31.0 Å². The zero-order chi connectivity index (χ0) is 21.7. The maximum Gasteiger partial charge on any atom is 0.218 e. The van der Waals surface area contributed by atoms with Crippen LogP contribution in [-0.2, 0) is 0 Å². The van der Waals surface area contributed by atoms with Gasteiger partial charge >= 0.3 is 0 Å². The molecule has 1 unspecified atom stereocenters. The van der Waals surface area contributed by atoms with Crippen LogP contribution in [0.4, 0.5) is 5.69 Å². The molecule has 3 rings (SSSR count). The summed E-state index contributed by atoms with van der Waals surface area (Å²) in [5.74, 6) is 0.735. The molecule has 154 valence electrons. The van der Waals surface area contributed by atoms with Crippen LogP contribution in [0.25, 0.3) is 0 Å². The second-order valence-corrected chi connectivity index (χ2v) is 8.03. The number of benzene rings is 2. The molecule has 2 aromatic carbocycles. The molecule has 30 heavy (non-hydrogen) atoms. The molecule has 5 nitrogen and oxygen atoms in total. The number of hydrogen-bond donors (Lipinski definition) is 0. The maximum atomic E-state index is 9.79. The minimum Gasteiger partial charge on any atom is -0.443 e. The molecular weight excluding hydrogens is 392 g/mol. The normalized spacial score (nSPS) is 12.0. The largest absolute Gasteiger partial charge is 0.443 e. The summed E-state index contributed by atoms with van der Waals surface area (Å²) in [6.07, 6.45) is 1.83. The molecule has 0 bridgehead atoms. The van der Waals surface area contributed by atoms with Crippen LogP contribution in [0.15, 0.2) is 47.5 Å². The first kappa shape index (κ1) is 21.5. The number of nitriles is 1.